The van der Waals surface area contributed by atoms with Crippen molar-refractivity contribution in [2.75, 3.05) is 0 Å². The maximum atomic E-state index is 4.16. The average molecular weight is 236 g/mol. The molecule has 2 atom stereocenters. The molecule has 0 amide bonds. The highest BCUT2D eigenvalue weighted by Crippen LogP contribution is 2.28. The van der Waals surface area contributed by atoms with Crippen molar-refractivity contribution in [1.82, 2.24) is 20.6 Å². The fourth-order valence-electron chi connectivity index (χ4n) is 2.83. The van der Waals surface area contributed by atoms with Gasteiger partial charge < -0.3 is 0 Å². The average Bonchev–Trinajstić information content (AvgIpc) is 2.83. The van der Waals surface area contributed by atoms with Gasteiger partial charge >= 0.3 is 0 Å². The lowest BCUT2D eigenvalue weighted by atomic mass is 9.94. The topological polar surface area (TPSA) is 54.5 Å². The van der Waals surface area contributed by atoms with Crippen LogP contribution in [-0.2, 0) is 0 Å². The third kappa shape index (κ3) is 4.10. The van der Waals surface area contributed by atoms with Gasteiger partial charge in [-0.2, -0.15) is 5.21 Å². The molecular formula is C13H24N4. The molecule has 2 rings (SSSR count). The van der Waals surface area contributed by atoms with Crippen molar-refractivity contribution < 1.29 is 0 Å². The summed E-state index contributed by atoms with van der Waals surface area (Å²) < 4.78 is 0. The minimum absolute atomic E-state index is 0.530. The molecule has 0 radical (unpaired) electrons. The number of nitrogens with zero attached hydrogens (tertiary/aromatic N) is 3. The van der Waals surface area contributed by atoms with E-state index in [4.69, 9.17) is 0 Å². The van der Waals surface area contributed by atoms with Crippen molar-refractivity contribution in [2.24, 2.45) is 5.92 Å². The lowest BCUT2D eigenvalue weighted by Crippen LogP contribution is -2.02. The SMILES string of the molecule is CC1CCCCCC(c2nn[nH]n2)CCCC1. The number of aromatic nitrogens is 4. The van der Waals surface area contributed by atoms with Gasteiger partial charge in [-0.05, 0) is 18.8 Å². The van der Waals surface area contributed by atoms with E-state index in [-0.39, 0.29) is 0 Å². The van der Waals surface area contributed by atoms with Gasteiger partial charge in [-0.3, -0.25) is 0 Å². The third-order valence-corrected chi connectivity index (χ3v) is 3.98. The van der Waals surface area contributed by atoms with Gasteiger partial charge in [-0.15, -0.1) is 10.2 Å². The Hall–Kier alpha value is -0.930. The highest BCUT2D eigenvalue weighted by Gasteiger charge is 2.16. The van der Waals surface area contributed by atoms with Crippen LogP contribution in [0.2, 0.25) is 0 Å². The predicted molar refractivity (Wildman–Crippen MR) is 67.6 cm³/mol. The number of hydrogen-bond acceptors (Lipinski definition) is 3. The van der Waals surface area contributed by atoms with E-state index < -0.39 is 0 Å². The minimum Gasteiger partial charge on any atom is -0.177 e. The van der Waals surface area contributed by atoms with Crippen LogP contribution < -0.4 is 0 Å². The van der Waals surface area contributed by atoms with E-state index in [0.29, 0.717) is 5.92 Å². The molecular weight excluding hydrogens is 212 g/mol. The summed E-state index contributed by atoms with van der Waals surface area (Å²) in [4.78, 5) is 0. The molecule has 0 saturated heterocycles. The monoisotopic (exact) mass is 236 g/mol. The minimum atomic E-state index is 0.530. The Kier molecular flexibility index (Phi) is 4.95. The van der Waals surface area contributed by atoms with Crippen molar-refractivity contribution in [3.63, 3.8) is 0 Å². The summed E-state index contributed by atoms with van der Waals surface area (Å²) in [6.45, 7) is 2.40. The second-order valence-electron chi connectivity index (χ2n) is 5.49. The van der Waals surface area contributed by atoms with Crippen LogP contribution in [-0.4, -0.2) is 20.6 Å². The summed E-state index contributed by atoms with van der Waals surface area (Å²) in [6.07, 6.45) is 12.0. The van der Waals surface area contributed by atoms with Gasteiger partial charge in [0.2, 0.25) is 0 Å². The van der Waals surface area contributed by atoms with E-state index in [9.17, 15) is 0 Å². The molecule has 1 aromatic heterocycles. The summed E-state index contributed by atoms with van der Waals surface area (Å²) in [6, 6.07) is 0. The normalized spacial score (nSPS) is 28.5. The zero-order valence-corrected chi connectivity index (χ0v) is 10.9. The van der Waals surface area contributed by atoms with E-state index in [1.165, 1.54) is 57.8 Å². The van der Waals surface area contributed by atoms with Gasteiger partial charge in [0.15, 0.2) is 5.82 Å². The Bertz CT molecular complexity index is 296. The lowest BCUT2D eigenvalue weighted by Gasteiger charge is -2.12. The molecule has 1 aliphatic carbocycles. The summed E-state index contributed by atoms with van der Waals surface area (Å²) in [5.41, 5.74) is 0. The zero-order valence-electron chi connectivity index (χ0n) is 10.9. The smallest absolute Gasteiger partial charge is 0.177 e. The highest BCUT2D eigenvalue weighted by atomic mass is 15.5. The fourth-order valence-corrected chi connectivity index (χ4v) is 2.83. The van der Waals surface area contributed by atoms with Crippen LogP contribution in [0.25, 0.3) is 0 Å². The predicted octanol–water partition coefficient (Wildman–Crippen LogP) is 3.44. The van der Waals surface area contributed by atoms with Crippen LogP contribution in [0.15, 0.2) is 0 Å². The van der Waals surface area contributed by atoms with Crippen molar-refractivity contribution in [3.05, 3.63) is 5.82 Å². The molecule has 2 unspecified atom stereocenters. The lowest BCUT2D eigenvalue weighted by molar-refractivity contribution is 0.445. The fraction of sp³-hybridized carbons (Fsp3) is 0.923. The number of H-pyrrole nitrogens is 1. The van der Waals surface area contributed by atoms with Crippen molar-refractivity contribution >= 4 is 0 Å². The van der Waals surface area contributed by atoms with Gasteiger partial charge in [0.05, 0.1) is 0 Å². The molecule has 0 aliphatic heterocycles. The number of nitrogens with one attached hydrogen (secondary N) is 1. The number of tetrazole rings is 1. The summed E-state index contributed by atoms with van der Waals surface area (Å²) in [5, 5.41) is 14.6. The molecule has 96 valence electrons. The van der Waals surface area contributed by atoms with Gasteiger partial charge in [0.25, 0.3) is 0 Å². The zero-order chi connectivity index (χ0) is 11.9. The molecule has 1 heterocycles. The maximum absolute atomic E-state index is 4.16. The first-order valence-electron chi connectivity index (χ1n) is 7.09. The Morgan fingerprint density at radius 1 is 0.941 bits per heavy atom. The second-order valence-corrected chi connectivity index (χ2v) is 5.49. The molecule has 1 aromatic rings. The van der Waals surface area contributed by atoms with E-state index in [2.05, 4.69) is 27.5 Å². The van der Waals surface area contributed by atoms with Gasteiger partial charge in [-0.25, -0.2) is 0 Å². The highest BCUT2D eigenvalue weighted by molar-refractivity contribution is 4.90. The quantitative estimate of drug-likeness (QED) is 0.812. The van der Waals surface area contributed by atoms with E-state index in [0.717, 1.165) is 11.7 Å². The van der Waals surface area contributed by atoms with Crippen LogP contribution in [0.4, 0.5) is 0 Å². The van der Waals surface area contributed by atoms with Crippen molar-refractivity contribution in [3.8, 4) is 0 Å². The molecule has 1 N–H and O–H groups in total. The second kappa shape index (κ2) is 6.72. The summed E-state index contributed by atoms with van der Waals surface area (Å²) in [7, 11) is 0. The van der Waals surface area contributed by atoms with E-state index in [1.54, 1.807) is 0 Å². The Morgan fingerprint density at radius 2 is 1.59 bits per heavy atom. The van der Waals surface area contributed by atoms with Crippen LogP contribution in [0, 0.1) is 5.92 Å². The van der Waals surface area contributed by atoms with E-state index >= 15 is 0 Å². The Morgan fingerprint density at radius 3 is 2.29 bits per heavy atom. The van der Waals surface area contributed by atoms with Crippen LogP contribution >= 0.6 is 0 Å². The first-order chi connectivity index (χ1) is 8.36. The molecule has 4 heteroatoms. The standard InChI is InChI=1S/C13H24N4/c1-11-7-3-2-4-9-12(10-6-5-8-11)13-14-16-17-15-13/h11-12H,2-10H2,1H3,(H,14,15,16,17). The summed E-state index contributed by atoms with van der Waals surface area (Å²) >= 11 is 0. The Labute approximate surface area is 104 Å². The number of rotatable bonds is 1. The molecule has 1 fully saturated rings. The van der Waals surface area contributed by atoms with Gasteiger partial charge in [-0.1, -0.05) is 57.1 Å². The molecule has 1 saturated carbocycles. The van der Waals surface area contributed by atoms with Crippen LogP contribution in [0.1, 0.15) is 76.5 Å². The van der Waals surface area contributed by atoms with Crippen molar-refractivity contribution in [1.29, 1.82) is 0 Å². The van der Waals surface area contributed by atoms with Crippen LogP contribution in [0.3, 0.4) is 0 Å². The Balaban J connectivity index is 1.88. The first-order valence-corrected chi connectivity index (χ1v) is 7.09. The van der Waals surface area contributed by atoms with Crippen LogP contribution in [0.5, 0.6) is 0 Å². The van der Waals surface area contributed by atoms with Gasteiger partial charge in [0, 0.05) is 5.92 Å². The largest absolute Gasteiger partial charge is 0.177 e. The molecule has 4 nitrogen and oxygen atoms in total. The molecule has 0 bridgehead atoms. The molecule has 17 heavy (non-hydrogen) atoms. The maximum Gasteiger partial charge on any atom is 0.177 e. The molecule has 0 spiro atoms. The number of aromatic amines is 1. The summed E-state index contributed by atoms with van der Waals surface area (Å²) in [5.74, 6) is 2.37. The first kappa shape index (κ1) is 12.5. The van der Waals surface area contributed by atoms with E-state index in [1.807, 2.05) is 0 Å². The molecule has 0 aromatic carbocycles. The van der Waals surface area contributed by atoms with Gasteiger partial charge in [0.1, 0.15) is 0 Å². The van der Waals surface area contributed by atoms with Crippen molar-refractivity contribution in [2.45, 2.75) is 70.6 Å². The number of hydrogen-bond donors (Lipinski definition) is 1. The third-order valence-electron chi connectivity index (χ3n) is 3.98. The molecule has 1 aliphatic rings.